The lowest BCUT2D eigenvalue weighted by molar-refractivity contribution is -0.274. The summed E-state index contributed by atoms with van der Waals surface area (Å²) in [6, 6.07) is 2.32. The molecule has 94 valence electrons. The van der Waals surface area contributed by atoms with Crippen LogP contribution in [0.4, 0.5) is 18.9 Å². The Bertz CT molecular complexity index is 448. The van der Waals surface area contributed by atoms with Crippen molar-refractivity contribution < 1.29 is 27.4 Å². The van der Waals surface area contributed by atoms with Gasteiger partial charge in [-0.15, -0.1) is 13.2 Å². The summed E-state index contributed by atoms with van der Waals surface area (Å²) in [6.45, 7) is 0. The second-order valence-corrected chi connectivity index (χ2v) is 3.83. The van der Waals surface area contributed by atoms with E-state index in [1.165, 1.54) is 6.07 Å². The molecular weight excluding hydrogens is 307 g/mol. The number of nitrogens with two attached hydrogens (primary N) is 1. The molecular formula is C9H7BrF3NO3. The van der Waals surface area contributed by atoms with E-state index in [1.807, 2.05) is 0 Å². The Morgan fingerprint density at radius 1 is 1.41 bits per heavy atom. The molecule has 0 atom stereocenters. The second kappa shape index (κ2) is 4.82. The maximum Gasteiger partial charge on any atom is 0.573 e. The van der Waals surface area contributed by atoms with Gasteiger partial charge < -0.3 is 15.2 Å². The number of rotatable bonds is 2. The molecule has 0 heterocycles. The van der Waals surface area contributed by atoms with Gasteiger partial charge in [-0.3, -0.25) is 0 Å². The zero-order valence-electron chi connectivity index (χ0n) is 8.47. The average Bonchev–Trinajstić information content (AvgIpc) is 2.19. The number of anilines is 1. The molecule has 0 saturated heterocycles. The van der Waals surface area contributed by atoms with Crippen molar-refractivity contribution in [2.24, 2.45) is 0 Å². The van der Waals surface area contributed by atoms with Gasteiger partial charge in [0.2, 0.25) is 0 Å². The fraction of sp³-hybridized carbons (Fsp3) is 0.222. The van der Waals surface area contributed by atoms with E-state index in [4.69, 9.17) is 5.73 Å². The van der Waals surface area contributed by atoms with Crippen LogP contribution in [0.1, 0.15) is 10.4 Å². The van der Waals surface area contributed by atoms with Gasteiger partial charge in [0, 0.05) is 4.47 Å². The molecule has 2 N–H and O–H groups in total. The Morgan fingerprint density at radius 3 is 2.47 bits per heavy atom. The number of hydrogen-bond acceptors (Lipinski definition) is 4. The molecule has 8 heteroatoms. The molecule has 1 aromatic rings. The fourth-order valence-electron chi connectivity index (χ4n) is 1.11. The molecule has 1 rings (SSSR count). The maximum atomic E-state index is 12.1. The smallest absolute Gasteiger partial charge is 0.465 e. The van der Waals surface area contributed by atoms with Crippen molar-refractivity contribution in [2.75, 3.05) is 12.8 Å². The maximum absolute atomic E-state index is 12.1. The van der Waals surface area contributed by atoms with Crippen LogP contribution in [0.5, 0.6) is 5.75 Å². The zero-order valence-corrected chi connectivity index (χ0v) is 10.1. The highest BCUT2D eigenvalue weighted by molar-refractivity contribution is 9.10. The van der Waals surface area contributed by atoms with Gasteiger partial charge in [0.25, 0.3) is 0 Å². The monoisotopic (exact) mass is 313 g/mol. The number of methoxy groups -OCH3 is 1. The minimum Gasteiger partial charge on any atom is -0.465 e. The standard InChI is InChI=1S/C9H7BrF3NO3/c1-16-8(15)5-2-4(10)3-6(14)7(5)17-9(11,12)13/h2-3H,14H2,1H3. The van der Waals surface area contributed by atoms with Gasteiger partial charge in [-0.25, -0.2) is 4.79 Å². The fourth-order valence-corrected chi connectivity index (χ4v) is 1.58. The third-order valence-corrected chi connectivity index (χ3v) is 2.16. The van der Waals surface area contributed by atoms with Crippen LogP contribution in [-0.2, 0) is 4.74 Å². The summed E-state index contributed by atoms with van der Waals surface area (Å²) in [4.78, 5) is 11.3. The van der Waals surface area contributed by atoms with Crippen LogP contribution in [-0.4, -0.2) is 19.4 Å². The van der Waals surface area contributed by atoms with Crippen molar-refractivity contribution >= 4 is 27.6 Å². The molecule has 0 unspecified atom stereocenters. The second-order valence-electron chi connectivity index (χ2n) is 2.91. The third kappa shape index (κ3) is 3.52. The van der Waals surface area contributed by atoms with E-state index in [2.05, 4.69) is 25.4 Å². The SMILES string of the molecule is COC(=O)c1cc(Br)cc(N)c1OC(F)(F)F. The Balaban J connectivity index is 3.30. The zero-order chi connectivity index (χ0) is 13.2. The molecule has 0 aliphatic rings. The predicted octanol–water partition coefficient (Wildman–Crippen LogP) is 2.72. The van der Waals surface area contributed by atoms with Crippen LogP contribution in [0.25, 0.3) is 0 Å². The molecule has 0 fully saturated rings. The lowest BCUT2D eigenvalue weighted by atomic mass is 10.2. The van der Waals surface area contributed by atoms with Crippen LogP contribution in [0.3, 0.4) is 0 Å². The van der Waals surface area contributed by atoms with Crippen molar-refractivity contribution in [3.05, 3.63) is 22.2 Å². The molecule has 0 bridgehead atoms. The minimum atomic E-state index is -4.94. The molecule has 0 aromatic heterocycles. The molecule has 0 radical (unpaired) electrons. The van der Waals surface area contributed by atoms with Gasteiger partial charge in [-0.1, -0.05) is 15.9 Å². The number of esters is 1. The summed E-state index contributed by atoms with van der Waals surface area (Å²) in [5.41, 5.74) is 4.63. The molecule has 0 saturated carbocycles. The van der Waals surface area contributed by atoms with Gasteiger partial charge in [0.1, 0.15) is 5.56 Å². The van der Waals surface area contributed by atoms with E-state index in [0.29, 0.717) is 4.47 Å². The summed E-state index contributed by atoms with van der Waals surface area (Å²) in [7, 11) is 1.04. The first-order chi connectivity index (χ1) is 7.74. The van der Waals surface area contributed by atoms with Gasteiger partial charge in [0.05, 0.1) is 12.8 Å². The molecule has 0 amide bonds. The average molecular weight is 314 g/mol. The number of carbonyl (C=O) groups is 1. The normalized spacial score (nSPS) is 11.1. The quantitative estimate of drug-likeness (QED) is 0.673. The number of halogens is 4. The van der Waals surface area contributed by atoms with Crippen LogP contribution in [0.2, 0.25) is 0 Å². The Hall–Kier alpha value is -1.44. The Labute approximate surface area is 103 Å². The van der Waals surface area contributed by atoms with Crippen LogP contribution in [0.15, 0.2) is 16.6 Å². The number of carbonyl (C=O) groups excluding carboxylic acids is 1. The van der Waals surface area contributed by atoms with Crippen LogP contribution >= 0.6 is 15.9 Å². The molecule has 0 aliphatic carbocycles. The Kier molecular flexibility index (Phi) is 3.87. The van der Waals surface area contributed by atoms with Crippen molar-refractivity contribution in [3.8, 4) is 5.75 Å². The number of alkyl halides is 3. The molecule has 0 aliphatic heterocycles. The molecule has 1 aromatic carbocycles. The third-order valence-electron chi connectivity index (χ3n) is 1.71. The Morgan fingerprint density at radius 2 is 2.00 bits per heavy atom. The van der Waals surface area contributed by atoms with E-state index >= 15 is 0 Å². The first-order valence-electron chi connectivity index (χ1n) is 4.17. The van der Waals surface area contributed by atoms with Gasteiger partial charge >= 0.3 is 12.3 Å². The number of nitrogen functional groups attached to an aromatic ring is 1. The molecule has 4 nitrogen and oxygen atoms in total. The highest BCUT2D eigenvalue weighted by Crippen LogP contribution is 2.35. The number of ether oxygens (including phenoxy) is 2. The number of hydrogen-bond donors (Lipinski definition) is 1. The summed E-state index contributed by atoms with van der Waals surface area (Å²) in [5.74, 6) is -1.75. The van der Waals surface area contributed by atoms with Crippen LogP contribution < -0.4 is 10.5 Å². The summed E-state index contributed by atoms with van der Waals surface area (Å²) < 4.78 is 44.8. The van der Waals surface area contributed by atoms with Gasteiger partial charge in [-0.05, 0) is 12.1 Å². The predicted molar refractivity (Wildman–Crippen MR) is 56.6 cm³/mol. The lowest BCUT2D eigenvalue weighted by Crippen LogP contribution is -2.20. The van der Waals surface area contributed by atoms with Crippen molar-refractivity contribution in [1.29, 1.82) is 0 Å². The van der Waals surface area contributed by atoms with Crippen molar-refractivity contribution in [2.45, 2.75) is 6.36 Å². The summed E-state index contributed by atoms with van der Waals surface area (Å²) in [6.07, 6.45) is -4.94. The minimum absolute atomic E-state index is 0.322. The van der Waals surface area contributed by atoms with E-state index in [1.54, 1.807) is 0 Å². The largest absolute Gasteiger partial charge is 0.573 e. The molecule has 0 spiro atoms. The van der Waals surface area contributed by atoms with E-state index in [0.717, 1.165) is 13.2 Å². The highest BCUT2D eigenvalue weighted by atomic mass is 79.9. The van der Waals surface area contributed by atoms with Gasteiger partial charge in [0.15, 0.2) is 5.75 Å². The van der Waals surface area contributed by atoms with Gasteiger partial charge in [-0.2, -0.15) is 0 Å². The van der Waals surface area contributed by atoms with E-state index < -0.39 is 23.6 Å². The van der Waals surface area contributed by atoms with Crippen molar-refractivity contribution in [3.63, 3.8) is 0 Å². The molecule has 17 heavy (non-hydrogen) atoms. The first kappa shape index (κ1) is 13.6. The van der Waals surface area contributed by atoms with E-state index in [-0.39, 0.29) is 5.69 Å². The van der Waals surface area contributed by atoms with E-state index in [9.17, 15) is 18.0 Å². The van der Waals surface area contributed by atoms with Crippen LogP contribution in [0, 0.1) is 0 Å². The lowest BCUT2D eigenvalue weighted by Gasteiger charge is -2.14. The number of benzene rings is 1. The topological polar surface area (TPSA) is 61.5 Å². The summed E-state index contributed by atoms with van der Waals surface area (Å²) in [5, 5.41) is 0. The van der Waals surface area contributed by atoms with Crippen molar-refractivity contribution in [1.82, 2.24) is 0 Å². The first-order valence-corrected chi connectivity index (χ1v) is 4.97. The highest BCUT2D eigenvalue weighted by Gasteiger charge is 2.34. The summed E-state index contributed by atoms with van der Waals surface area (Å²) >= 11 is 3.00.